The Bertz CT molecular complexity index is 638. The summed E-state index contributed by atoms with van der Waals surface area (Å²) in [5.41, 5.74) is 1.06. The maximum absolute atomic E-state index is 13.4. The van der Waals surface area contributed by atoms with Crippen molar-refractivity contribution < 1.29 is 9.18 Å². The molecule has 0 aromatic heterocycles. The number of hydrogen-bond acceptors (Lipinski definition) is 3. The van der Waals surface area contributed by atoms with E-state index < -0.39 is 0 Å². The van der Waals surface area contributed by atoms with Crippen LogP contribution in [0.3, 0.4) is 0 Å². The fourth-order valence-electron chi connectivity index (χ4n) is 5.07. The molecule has 1 aromatic carbocycles. The van der Waals surface area contributed by atoms with E-state index in [1.54, 1.807) is 12.1 Å². The van der Waals surface area contributed by atoms with Gasteiger partial charge in [-0.25, -0.2) is 4.39 Å². The molecule has 1 atom stereocenters. The zero-order valence-electron chi connectivity index (χ0n) is 16.3. The van der Waals surface area contributed by atoms with Crippen molar-refractivity contribution in [1.29, 1.82) is 0 Å². The zero-order valence-corrected chi connectivity index (χ0v) is 16.3. The van der Waals surface area contributed by atoms with Crippen LogP contribution >= 0.6 is 0 Å². The lowest BCUT2D eigenvalue weighted by atomic mass is 9.93. The molecule has 3 aliphatic heterocycles. The van der Waals surface area contributed by atoms with Gasteiger partial charge in [0.15, 0.2) is 0 Å². The van der Waals surface area contributed by atoms with E-state index in [0.29, 0.717) is 11.9 Å². The molecule has 0 spiro atoms. The molecular weight excluding hydrogens is 341 g/mol. The van der Waals surface area contributed by atoms with Crippen LogP contribution in [0.5, 0.6) is 0 Å². The molecule has 0 N–H and O–H groups in total. The van der Waals surface area contributed by atoms with Crippen LogP contribution in [0.4, 0.5) is 4.39 Å². The lowest BCUT2D eigenvalue weighted by Crippen LogP contribution is -2.51. The third kappa shape index (κ3) is 4.69. The standard InChI is InChI=1S/C22H32FN3O/c23-20-7-3-5-18(15-20)16-24-13-8-21(9-14-24)26-12-4-6-19(17-26)22(27)25-10-1-2-11-25/h3,5,7,15,19,21H,1-2,4,6,8-14,16-17H2. The summed E-state index contributed by atoms with van der Waals surface area (Å²) >= 11 is 0. The second-order valence-corrected chi connectivity index (χ2v) is 8.50. The van der Waals surface area contributed by atoms with Gasteiger partial charge in [0.1, 0.15) is 5.82 Å². The van der Waals surface area contributed by atoms with Crippen molar-refractivity contribution in [2.75, 3.05) is 39.3 Å². The number of hydrogen-bond donors (Lipinski definition) is 0. The minimum atomic E-state index is -0.149. The van der Waals surface area contributed by atoms with Crippen LogP contribution in [0.15, 0.2) is 24.3 Å². The third-order valence-electron chi connectivity index (χ3n) is 6.59. The van der Waals surface area contributed by atoms with Crippen molar-refractivity contribution >= 4 is 5.91 Å². The van der Waals surface area contributed by atoms with Gasteiger partial charge in [-0.15, -0.1) is 0 Å². The highest BCUT2D eigenvalue weighted by atomic mass is 19.1. The number of carbonyl (C=O) groups is 1. The summed E-state index contributed by atoms with van der Waals surface area (Å²) in [5, 5.41) is 0. The smallest absolute Gasteiger partial charge is 0.226 e. The second kappa shape index (κ2) is 8.70. The molecule has 4 nitrogen and oxygen atoms in total. The Balaban J connectivity index is 1.27. The quantitative estimate of drug-likeness (QED) is 0.811. The molecule has 4 rings (SSSR count). The first kappa shape index (κ1) is 18.9. The average Bonchev–Trinajstić information content (AvgIpc) is 3.23. The highest BCUT2D eigenvalue weighted by Gasteiger charge is 2.34. The van der Waals surface area contributed by atoms with Crippen molar-refractivity contribution in [2.24, 2.45) is 5.92 Å². The Kier molecular flexibility index (Phi) is 6.08. The number of benzene rings is 1. The van der Waals surface area contributed by atoms with Crippen LogP contribution < -0.4 is 0 Å². The van der Waals surface area contributed by atoms with Crippen LogP contribution in [0, 0.1) is 11.7 Å². The molecule has 1 amide bonds. The molecule has 3 fully saturated rings. The molecule has 27 heavy (non-hydrogen) atoms. The first-order chi connectivity index (χ1) is 13.2. The largest absolute Gasteiger partial charge is 0.342 e. The monoisotopic (exact) mass is 373 g/mol. The van der Waals surface area contributed by atoms with Gasteiger partial charge in [-0.05, 0) is 75.9 Å². The lowest BCUT2D eigenvalue weighted by molar-refractivity contribution is -0.136. The summed E-state index contributed by atoms with van der Waals surface area (Å²) in [6.45, 7) is 6.97. The van der Waals surface area contributed by atoms with E-state index >= 15 is 0 Å². The van der Waals surface area contributed by atoms with Crippen LogP contribution in [-0.2, 0) is 11.3 Å². The van der Waals surface area contributed by atoms with Crippen LogP contribution in [-0.4, -0.2) is 65.9 Å². The lowest BCUT2D eigenvalue weighted by Gasteiger charge is -2.42. The van der Waals surface area contributed by atoms with Crippen molar-refractivity contribution in [3.05, 3.63) is 35.6 Å². The van der Waals surface area contributed by atoms with Crippen LogP contribution in [0.2, 0.25) is 0 Å². The molecule has 0 saturated carbocycles. The maximum Gasteiger partial charge on any atom is 0.226 e. The number of likely N-dealkylation sites (tertiary alicyclic amines) is 3. The Hall–Kier alpha value is -1.46. The highest BCUT2D eigenvalue weighted by molar-refractivity contribution is 5.79. The molecule has 0 bridgehead atoms. The summed E-state index contributed by atoms with van der Waals surface area (Å²) in [5.74, 6) is 0.465. The molecule has 148 valence electrons. The van der Waals surface area contributed by atoms with Gasteiger partial charge in [0, 0.05) is 32.2 Å². The third-order valence-corrected chi connectivity index (χ3v) is 6.59. The molecule has 0 radical (unpaired) electrons. The first-order valence-corrected chi connectivity index (χ1v) is 10.7. The van der Waals surface area contributed by atoms with E-state index in [1.807, 2.05) is 6.07 Å². The van der Waals surface area contributed by atoms with Crippen molar-refractivity contribution in [1.82, 2.24) is 14.7 Å². The van der Waals surface area contributed by atoms with Gasteiger partial charge in [-0.2, -0.15) is 0 Å². The van der Waals surface area contributed by atoms with Crippen LogP contribution in [0.1, 0.15) is 44.1 Å². The molecule has 3 heterocycles. The topological polar surface area (TPSA) is 26.8 Å². The zero-order chi connectivity index (χ0) is 18.6. The molecule has 3 saturated heterocycles. The van der Waals surface area contributed by atoms with Crippen molar-refractivity contribution in [3.63, 3.8) is 0 Å². The fourth-order valence-corrected chi connectivity index (χ4v) is 5.07. The van der Waals surface area contributed by atoms with E-state index in [1.165, 1.54) is 18.9 Å². The molecule has 0 aliphatic carbocycles. The fraction of sp³-hybridized carbons (Fsp3) is 0.682. The average molecular weight is 374 g/mol. The van der Waals surface area contributed by atoms with E-state index in [4.69, 9.17) is 0 Å². The number of carbonyl (C=O) groups excluding carboxylic acids is 1. The van der Waals surface area contributed by atoms with E-state index in [2.05, 4.69) is 14.7 Å². The predicted octanol–water partition coefficient (Wildman–Crippen LogP) is 3.12. The summed E-state index contributed by atoms with van der Waals surface area (Å²) in [4.78, 5) is 19.9. The highest BCUT2D eigenvalue weighted by Crippen LogP contribution is 2.26. The number of piperidine rings is 2. The summed E-state index contributed by atoms with van der Waals surface area (Å²) in [7, 11) is 0. The number of amides is 1. The Morgan fingerprint density at radius 1 is 1.00 bits per heavy atom. The summed E-state index contributed by atoms with van der Waals surface area (Å²) < 4.78 is 13.4. The minimum Gasteiger partial charge on any atom is -0.342 e. The Morgan fingerprint density at radius 2 is 1.78 bits per heavy atom. The maximum atomic E-state index is 13.4. The molecule has 5 heteroatoms. The van der Waals surface area contributed by atoms with Crippen molar-refractivity contribution in [2.45, 2.75) is 51.1 Å². The van der Waals surface area contributed by atoms with Gasteiger partial charge in [-0.3, -0.25) is 14.6 Å². The van der Waals surface area contributed by atoms with Gasteiger partial charge >= 0.3 is 0 Å². The Labute approximate surface area is 162 Å². The predicted molar refractivity (Wildman–Crippen MR) is 105 cm³/mol. The van der Waals surface area contributed by atoms with E-state index in [-0.39, 0.29) is 11.7 Å². The number of halogens is 1. The van der Waals surface area contributed by atoms with Gasteiger partial charge in [0.2, 0.25) is 5.91 Å². The normalized spacial score (nSPS) is 25.8. The van der Waals surface area contributed by atoms with Gasteiger partial charge in [-0.1, -0.05) is 12.1 Å². The Morgan fingerprint density at radius 3 is 2.52 bits per heavy atom. The molecule has 1 aromatic rings. The van der Waals surface area contributed by atoms with Gasteiger partial charge in [0.25, 0.3) is 0 Å². The molecular formula is C22H32FN3O. The van der Waals surface area contributed by atoms with E-state index in [9.17, 15) is 9.18 Å². The molecule has 3 aliphatic rings. The number of rotatable bonds is 4. The summed E-state index contributed by atoms with van der Waals surface area (Å²) in [6.07, 6.45) is 6.86. The second-order valence-electron chi connectivity index (χ2n) is 8.50. The summed E-state index contributed by atoms with van der Waals surface area (Å²) in [6, 6.07) is 7.55. The number of nitrogens with zero attached hydrogens (tertiary/aromatic N) is 3. The first-order valence-electron chi connectivity index (χ1n) is 10.7. The van der Waals surface area contributed by atoms with Crippen molar-refractivity contribution in [3.8, 4) is 0 Å². The van der Waals surface area contributed by atoms with Gasteiger partial charge < -0.3 is 4.90 Å². The molecule has 1 unspecified atom stereocenters. The van der Waals surface area contributed by atoms with E-state index in [0.717, 1.165) is 77.1 Å². The van der Waals surface area contributed by atoms with Crippen LogP contribution in [0.25, 0.3) is 0 Å². The minimum absolute atomic E-state index is 0.149. The SMILES string of the molecule is O=C(C1CCCN(C2CCN(Cc3cccc(F)c3)CC2)C1)N1CCCC1. The van der Waals surface area contributed by atoms with Gasteiger partial charge in [0.05, 0.1) is 5.92 Å².